The van der Waals surface area contributed by atoms with Gasteiger partial charge in [0.2, 0.25) is 0 Å². The molecule has 0 aliphatic rings. The van der Waals surface area contributed by atoms with Gasteiger partial charge in [0.15, 0.2) is 0 Å². The zero-order valence-corrected chi connectivity index (χ0v) is 9.98. The molecule has 2 nitrogen and oxygen atoms in total. The van der Waals surface area contributed by atoms with Crippen molar-refractivity contribution in [2.75, 3.05) is 5.32 Å². The zero-order valence-electron chi connectivity index (χ0n) is 9.98. The summed E-state index contributed by atoms with van der Waals surface area (Å²) in [7, 11) is 0. The van der Waals surface area contributed by atoms with Gasteiger partial charge in [-0.3, -0.25) is 0 Å². The van der Waals surface area contributed by atoms with Crippen molar-refractivity contribution in [1.29, 1.82) is 0 Å². The summed E-state index contributed by atoms with van der Waals surface area (Å²) in [6, 6.07) is 12.4. The summed E-state index contributed by atoms with van der Waals surface area (Å²) in [4.78, 5) is 4.38. The molecule has 2 rings (SSSR count). The number of benzene rings is 1. The highest BCUT2D eigenvalue weighted by Gasteiger charge is 2.00. The molecule has 2 heteroatoms. The smallest absolute Gasteiger partial charge is 0.129 e. The fourth-order valence-electron chi connectivity index (χ4n) is 1.67. The molecule has 1 N–H and O–H groups in total. The van der Waals surface area contributed by atoms with E-state index in [0.717, 1.165) is 23.5 Å². The number of rotatable bonds is 4. The van der Waals surface area contributed by atoms with Crippen molar-refractivity contribution >= 4 is 11.9 Å². The number of anilines is 1. The molecule has 0 unspecified atom stereocenters. The first-order valence-corrected chi connectivity index (χ1v) is 5.66. The van der Waals surface area contributed by atoms with Gasteiger partial charge in [0.05, 0.1) is 0 Å². The van der Waals surface area contributed by atoms with Crippen LogP contribution in [0.25, 0.3) is 6.08 Å². The zero-order chi connectivity index (χ0) is 12.1. The van der Waals surface area contributed by atoms with Crippen molar-refractivity contribution < 1.29 is 0 Å². The normalized spacial score (nSPS) is 9.94. The Morgan fingerprint density at radius 2 is 2.06 bits per heavy atom. The lowest BCUT2D eigenvalue weighted by atomic mass is 10.2. The van der Waals surface area contributed by atoms with E-state index in [4.69, 9.17) is 0 Å². The van der Waals surface area contributed by atoms with Crippen LogP contribution < -0.4 is 5.32 Å². The fraction of sp³-hybridized carbons (Fsp3) is 0.133. The van der Waals surface area contributed by atoms with Crippen LogP contribution in [0.1, 0.15) is 16.7 Å². The van der Waals surface area contributed by atoms with Crippen LogP contribution in [-0.2, 0) is 6.54 Å². The number of aryl methyl sites for hydroxylation is 1. The lowest BCUT2D eigenvalue weighted by Gasteiger charge is -2.09. The average molecular weight is 224 g/mol. The Morgan fingerprint density at radius 3 is 2.71 bits per heavy atom. The third-order valence-corrected chi connectivity index (χ3v) is 2.64. The molecule has 0 amide bonds. The van der Waals surface area contributed by atoms with Crippen LogP contribution in [-0.4, -0.2) is 4.98 Å². The van der Waals surface area contributed by atoms with Crippen LogP contribution in [0, 0.1) is 6.92 Å². The van der Waals surface area contributed by atoms with Gasteiger partial charge in [0.1, 0.15) is 5.82 Å². The number of pyridine rings is 1. The van der Waals surface area contributed by atoms with Gasteiger partial charge in [0, 0.05) is 12.7 Å². The van der Waals surface area contributed by atoms with E-state index in [0.29, 0.717) is 0 Å². The molecule has 0 radical (unpaired) electrons. The van der Waals surface area contributed by atoms with Crippen molar-refractivity contribution in [3.63, 3.8) is 0 Å². The molecule has 86 valence electrons. The molecule has 17 heavy (non-hydrogen) atoms. The number of nitrogens with zero attached hydrogens (tertiary/aromatic N) is 1. The van der Waals surface area contributed by atoms with Crippen molar-refractivity contribution in [3.05, 3.63) is 65.9 Å². The highest BCUT2D eigenvalue weighted by atomic mass is 15.0. The predicted octanol–water partition coefficient (Wildman–Crippen LogP) is 3.65. The van der Waals surface area contributed by atoms with Gasteiger partial charge in [-0.05, 0) is 29.7 Å². The SMILES string of the molecule is C=Cc1cnc(NCc2ccccc2)c(C)c1. The van der Waals surface area contributed by atoms with Gasteiger partial charge >= 0.3 is 0 Å². The maximum absolute atomic E-state index is 4.38. The molecule has 0 saturated heterocycles. The van der Waals surface area contributed by atoms with Crippen LogP contribution in [0.15, 0.2) is 49.2 Å². The molecular weight excluding hydrogens is 208 g/mol. The van der Waals surface area contributed by atoms with Crippen molar-refractivity contribution in [3.8, 4) is 0 Å². The van der Waals surface area contributed by atoms with E-state index in [9.17, 15) is 0 Å². The van der Waals surface area contributed by atoms with Crippen LogP contribution in [0.4, 0.5) is 5.82 Å². The molecule has 0 atom stereocenters. The van der Waals surface area contributed by atoms with Crippen LogP contribution in [0.3, 0.4) is 0 Å². The molecule has 0 aliphatic heterocycles. The average Bonchev–Trinajstić information content (AvgIpc) is 2.38. The second-order valence-electron chi connectivity index (χ2n) is 3.98. The molecule has 1 aromatic carbocycles. The third-order valence-electron chi connectivity index (χ3n) is 2.64. The van der Waals surface area contributed by atoms with E-state index in [1.54, 1.807) is 6.08 Å². The third kappa shape index (κ3) is 2.94. The van der Waals surface area contributed by atoms with Crippen molar-refractivity contribution in [2.24, 2.45) is 0 Å². The number of aromatic nitrogens is 1. The number of hydrogen-bond donors (Lipinski definition) is 1. The Labute approximate surface area is 102 Å². The molecular formula is C15H16N2. The van der Waals surface area contributed by atoms with E-state index in [-0.39, 0.29) is 0 Å². The van der Waals surface area contributed by atoms with Gasteiger partial charge in [-0.2, -0.15) is 0 Å². The molecule has 1 aromatic heterocycles. The van der Waals surface area contributed by atoms with Crippen molar-refractivity contribution in [2.45, 2.75) is 13.5 Å². The minimum absolute atomic E-state index is 0.794. The maximum atomic E-state index is 4.38. The first kappa shape index (κ1) is 11.4. The standard InChI is InChI=1S/C15H16N2/c1-3-13-9-12(2)15(16-10-13)17-11-14-7-5-4-6-8-14/h3-10H,1,11H2,2H3,(H,16,17). The van der Waals surface area contributed by atoms with Gasteiger partial charge in [-0.15, -0.1) is 0 Å². The maximum Gasteiger partial charge on any atom is 0.129 e. The Bertz CT molecular complexity index is 504. The highest BCUT2D eigenvalue weighted by Crippen LogP contribution is 2.14. The monoisotopic (exact) mass is 224 g/mol. The summed E-state index contributed by atoms with van der Waals surface area (Å²) in [6.07, 6.45) is 3.63. The Kier molecular flexibility index (Phi) is 3.55. The summed E-state index contributed by atoms with van der Waals surface area (Å²) in [5, 5.41) is 3.34. The Balaban J connectivity index is 2.07. The summed E-state index contributed by atoms with van der Waals surface area (Å²) in [5.41, 5.74) is 3.44. The molecule has 2 aromatic rings. The summed E-state index contributed by atoms with van der Waals surface area (Å²) in [6.45, 7) is 6.58. The molecule has 0 bridgehead atoms. The predicted molar refractivity (Wildman–Crippen MR) is 72.8 cm³/mol. The number of nitrogens with one attached hydrogen (secondary N) is 1. The highest BCUT2D eigenvalue weighted by molar-refractivity contribution is 5.53. The Hall–Kier alpha value is -2.09. The van der Waals surface area contributed by atoms with Gasteiger partial charge in [0.25, 0.3) is 0 Å². The second kappa shape index (κ2) is 5.30. The second-order valence-corrected chi connectivity index (χ2v) is 3.98. The van der Waals surface area contributed by atoms with Gasteiger partial charge in [-0.1, -0.05) is 43.0 Å². The lowest BCUT2D eigenvalue weighted by molar-refractivity contribution is 1.09. The summed E-state index contributed by atoms with van der Waals surface area (Å²) in [5.74, 6) is 0.930. The molecule has 0 saturated carbocycles. The first-order chi connectivity index (χ1) is 8.29. The minimum atomic E-state index is 0.794. The molecule has 1 heterocycles. The van der Waals surface area contributed by atoms with Gasteiger partial charge < -0.3 is 5.32 Å². The van der Waals surface area contributed by atoms with E-state index in [1.165, 1.54) is 5.56 Å². The van der Waals surface area contributed by atoms with Crippen LogP contribution >= 0.6 is 0 Å². The Morgan fingerprint density at radius 1 is 1.29 bits per heavy atom. The van der Waals surface area contributed by atoms with E-state index in [1.807, 2.05) is 31.3 Å². The fourth-order valence-corrected chi connectivity index (χ4v) is 1.67. The largest absolute Gasteiger partial charge is 0.366 e. The number of hydrogen-bond acceptors (Lipinski definition) is 2. The first-order valence-electron chi connectivity index (χ1n) is 5.66. The molecule has 0 fully saturated rings. The molecule has 0 spiro atoms. The minimum Gasteiger partial charge on any atom is -0.366 e. The molecule has 0 aliphatic carbocycles. The van der Waals surface area contributed by atoms with Crippen LogP contribution in [0.5, 0.6) is 0 Å². The summed E-state index contributed by atoms with van der Waals surface area (Å²) >= 11 is 0. The summed E-state index contributed by atoms with van der Waals surface area (Å²) < 4.78 is 0. The van der Waals surface area contributed by atoms with E-state index >= 15 is 0 Å². The van der Waals surface area contributed by atoms with Gasteiger partial charge in [-0.25, -0.2) is 4.98 Å². The van der Waals surface area contributed by atoms with Crippen LogP contribution in [0.2, 0.25) is 0 Å². The quantitative estimate of drug-likeness (QED) is 0.857. The lowest BCUT2D eigenvalue weighted by Crippen LogP contribution is -2.03. The van der Waals surface area contributed by atoms with E-state index in [2.05, 4.69) is 35.1 Å². The van der Waals surface area contributed by atoms with E-state index < -0.39 is 0 Å². The van der Waals surface area contributed by atoms with Crippen molar-refractivity contribution in [1.82, 2.24) is 4.98 Å². The topological polar surface area (TPSA) is 24.9 Å².